The summed E-state index contributed by atoms with van der Waals surface area (Å²) in [6, 6.07) is 0. The van der Waals surface area contributed by atoms with Crippen molar-refractivity contribution in [3.8, 4) is 0 Å². The van der Waals surface area contributed by atoms with Gasteiger partial charge < -0.3 is 24.4 Å². The van der Waals surface area contributed by atoms with Gasteiger partial charge in [-0.3, -0.25) is 14.4 Å². The number of carbonyl (C=O) groups excluding carboxylic acids is 4. The van der Waals surface area contributed by atoms with E-state index in [4.69, 9.17) is 14.2 Å². The third-order valence-electron chi connectivity index (χ3n) is 7.01. The summed E-state index contributed by atoms with van der Waals surface area (Å²) in [5.41, 5.74) is -5.12. The van der Waals surface area contributed by atoms with Crippen molar-refractivity contribution < 1.29 is 43.6 Å². The van der Waals surface area contributed by atoms with Crippen molar-refractivity contribution in [1.29, 1.82) is 0 Å². The fourth-order valence-corrected chi connectivity index (χ4v) is 5.08. The number of aliphatic hydroxyl groups excluding tert-OH is 1. The van der Waals surface area contributed by atoms with Crippen LogP contribution in [0.1, 0.15) is 74.7 Å². The predicted octanol–water partition coefficient (Wildman–Crippen LogP) is 2.01. The summed E-state index contributed by atoms with van der Waals surface area (Å²) in [6.07, 6.45) is 0.216. The predicted molar refractivity (Wildman–Crippen MR) is 117 cm³/mol. The van der Waals surface area contributed by atoms with Crippen molar-refractivity contribution in [2.75, 3.05) is 0 Å². The first kappa shape index (κ1) is 27.0. The molecule has 33 heavy (non-hydrogen) atoms. The highest BCUT2D eigenvalue weighted by Crippen LogP contribution is 2.55. The van der Waals surface area contributed by atoms with Crippen LogP contribution in [-0.2, 0) is 33.4 Å². The number of Topliss-reactive ketones (excluding diaryl/α,β-unsaturated/α-hetero) is 1. The average Bonchev–Trinajstić information content (AvgIpc) is 2.61. The lowest BCUT2D eigenvalue weighted by Gasteiger charge is -2.55. The van der Waals surface area contributed by atoms with E-state index in [0.29, 0.717) is 6.42 Å². The van der Waals surface area contributed by atoms with Gasteiger partial charge in [0.15, 0.2) is 11.4 Å². The number of carbonyl (C=O) groups is 4. The molecule has 0 saturated heterocycles. The zero-order valence-electron chi connectivity index (χ0n) is 20.7. The minimum Gasteiger partial charge on any atom is -0.455 e. The van der Waals surface area contributed by atoms with Crippen LogP contribution >= 0.6 is 0 Å². The maximum Gasteiger partial charge on any atom is 0.353 e. The van der Waals surface area contributed by atoms with Gasteiger partial charge in [0.2, 0.25) is 5.60 Å². The molecule has 0 aromatic rings. The van der Waals surface area contributed by atoms with E-state index in [-0.39, 0.29) is 24.2 Å². The lowest BCUT2D eigenvalue weighted by molar-refractivity contribution is -0.225. The van der Waals surface area contributed by atoms with E-state index in [9.17, 15) is 29.4 Å². The van der Waals surface area contributed by atoms with Gasteiger partial charge in [-0.15, -0.1) is 0 Å². The van der Waals surface area contributed by atoms with E-state index in [1.165, 1.54) is 34.6 Å². The normalized spacial score (nSPS) is 32.5. The summed E-state index contributed by atoms with van der Waals surface area (Å²) in [7, 11) is 0. The zero-order chi connectivity index (χ0) is 25.6. The van der Waals surface area contributed by atoms with Gasteiger partial charge in [0, 0.05) is 31.8 Å². The molecule has 0 aromatic carbocycles. The second-order valence-corrected chi connectivity index (χ2v) is 10.5. The van der Waals surface area contributed by atoms with Crippen molar-refractivity contribution in [2.24, 2.45) is 11.3 Å². The third kappa shape index (κ3) is 5.14. The zero-order valence-corrected chi connectivity index (χ0v) is 20.7. The van der Waals surface area contributed by atoms with Gasteiger partial charge in [-0.2, -0.15) is 0 Å². The second kappa shape index (κ2) is 8.83. The first-order chi connectivity index (χ1) is 14.9. The fraction of sp³-hybridized carbons (Fsp3) is 0.750. The first-order valence-corrected chi connectivity index (χ1v) is 11.1. The molecule has 0 aliphatic heterocycles. The molecule has 9 nitrogen and oxygen atoms in total. The van der Waals surface area contributed by atoms with E-state index in [1.54, 1.807) is 13.0 Å². The summed E-state index contributed by atoms with van der Waals surface area (Å²) in [5.74, 6) is -3.07. The summed E-state index contributed by atoms with van der Waals surface area (Å²) in [5, 5.41) is 20.7. The Morgan fingerprint density at radius 2 is 1.73 bits per heavy atom. The molecule has 0 unspecified atom stereocenters. The topological polar surface area (TPSA) is 136 Å². The molecule has 6 atom stereocenters. The monoisotopic (exact) mass is 468 g/mol. The maximum atomic E-state index is 13.1. The number of fused-ring (bicyclic) bond motifs is 1. The van der Waals surface area contributed by atoms with Crippen LogP contribution in [-0.4, -0.2) is 62.9 Å². The van der Waals surface area contributed by atoms with Crippen molar-refractivity contribution in [1.82, 2.24) is 0 Å². The van der Waals surface area contributed by atoms with Crippen LogP contribution < -0.4 is 0 Å². The van der Waals surface area contributed by atoms with Gasteiger partial charge >= 0.3 is 17.9 Å². The van der Waals surface area contributed by atoms with Gasteiger partial charge in [0.05, 0.1) is 5.60 Å². The molecule has 1 saturated carbocycles. The molecule has 1 fully saturated rings. The number of hydrogen-bond donors (Lipinski definition) is 2. The highest BCUT2D eigenvalue weighted by molar-refractivity contribution is 5.98. The van der Waals surface area contributed by atoms with Crippen LogP contribution in [0.25, 0.3) is 0 Å². The van der Waals surface area contributed by atoms with Crippen molar-refractivity contribution in [3.63, 3.8) is 0 Å². The lowest BCUT2D eigenvalue weighted by Crippen LogP contribution is -2.62. The number of esters is 3. The summed E-state index contributed by atoms with van der Waals surface area (Å²) in [4.78, 5) is 49.6. The Morgan fingerprint density at radius 1 is 1.15 bits per heavy atom. The second-order valence-electron chi connectivity index (χ2n) is 10.5. The molecule has 0 spiro atoms. The molecular formula is C24H36O9. The Morgan fingerprint density at radius 3 is 2.18 bits per heavy atom. The van der Waals surface area contributed by atoms with E-state index >= 15 is 0 Å². The molecule has 2 N–H and O–H groups in total. The van der Waals surface area contributed by atoms with E-state index < -0.39 is 58.3 Å². The Kier molecular flexibility index (Phi) is 7.22. The van der Waals surface area contributed by atoms with E-state index in [2.05, 4.69) is 0 Å². The number of ether oxygens (including phenoxy) is 3. The Balaban J connectivity index is 2.54. The molecule has 0 radical (unpaired) electrons. The van der Waals surface area contributed by atoms with Gasteiger partial charge in [-0.1, -0.05) is 13.0 Å². The molecule has 2 aliphatic rings. The molecule has 2 aliphatic carbocycles. The Bertz CT molecular complexity index is 868. The molecule has 0 amide bonds. The minimum absolute atomic E-state index is 0.143. The van der Waals surface area contributed by atoms with E-state index in [0.717, 1.165) is 6.92 Å². The average molecular weight is 469 g/mol. The molecule has 186 valence electrons. The maximum absolute atomic E-state index is 13.1. The largest absolute Gasteiger partial charge is 0.455 e. The Labute approximate surface area is 194 Å². The molecular weight excluding hydrogens is 432 g/mol. The molecule has 0 heterocycles. The minimum atomic E-state index is -1.96. The first-order valence-electron chi connectivity index (χ1n) is 11.1. The van der Waals surface area contributed by atoms with Gasteiger partial charge in [-0.05, 0) is 52.9 Å². The summed E-state index contributed by atoms with van der Waals surface area (Å²) >= 11 is 0. The van der Waals surface area contributed by atoms with Gasteiger partial charge in [-0.25, -0.2) is 4.79 Å². The smallest absolute Gasteiger partial charge is 0.353 e. The summed E-state index contributed by atoms with van der Waals surface area (Å²) in [6.45, 7) is 11.5. The number of rotatable bonds is 6. The number of ketones is 1. The molecule has 0 bridgehead atoms. The lowest BCUT2D eigenvalue weighted by atomic mass is 9.54. The van der Waals surface area contributed by atoms with Crippen LogP contribution in [0.5, 0.6) is 0 Å². The Hall–Kier alpha value is -2.26. The summed E-state index contributed by atoms with van der Waals surface area (Å²) < 4.78 is 16.6. The standard InChI is InChI=1S/C24H36O9/c1-13(25)23(7,32-14(2)26)20(29)31-19-9-10-22(6)12-17(28)16(21(4,5)30)11-18(22)24(19,8)33-15(3)27/h11,13,18-19,25,30H,9-10,12H2,1-8H3/t13-,18+,19+,22+,23-,24-/m0/s1. The quantitative estimate of drug-likeness (QED) is 0.443. The fourth-order valence-electron chi connectivity index (χ4n) is 5.08. The number of aliphatic hydroxyl groups is 2. The van der Waals surface area contributed by atoms with Gasteiger partial charge in [0.1, 0.15) is 12.2 Å². The highest BCUT2D eigenvalue weighted by Gasteiger charge is 2.60. The van der Waals surface area contributed by atoms with Crippen LogP contribution in [0.4, 0.5) is 0 Å². The van der Waals surface area contributed by atoms with Crippen LogP contribution in [0.2, 0.25) is 0 Å². The molecule has 9 heteroatoms. The highest BCUT2D eigenvalue weighted by atomic mass is 16.6. The SMILES string of the molecule is CC(=O)O[C@@]1(C)[C@@H]2C=C(C(C)(C)O)C(=O)C[C@@]2(C)CC[C@H]1OC(=O)[C@@](C)(OC(C)=O)[C@H](C)O. The van der Waals surface area contributed by atoms with E-state index in [1.807, 2.05) is 6.92 Å². The van der Waals surface area contributed by atoms with Crippen molar-refractivity contribution in [2.45, 2.75) is 104 Å². The van der Waals surface area contributed by atoms with Crippen LogP contribution in [0.3, 0.4) is 0 Å². The molecule has 0 aromatic heterocycles. The van der Waals surface area contributed by atoms with Crippen LogP contribution in [0.15, 0.2) is 11.6 Å². The third-order valence-corrected chi connectivity index (χ3v) is 7.01. The van der Waals surface area contributed by atoms with Gasteiger partial charge in [0.25, 0.3) is 0 Å². The van der Waals surface area contributed by atoms with Crippen LogP contribution in [0, 0.1) is 11.3 Å². The molecule has 2 rings (SSSR count). The van der Waals surface area contributed by atoms with Crippen molar-refractivity contribution >= 4 is 23.7 Å². The van der Waals surface area contributed by atoms with Crippen molar-refractivity contribution in [3.05, 3.63) is 11.6 Å². The number of hydrogen-bond acceptors (Lipinski definition) is 9.